The molecule has 1 fully saturated rings. The summed E-state index contributed by atoms with van der Waals surface area (Å²) in [6.45, 7) is 2.36. The van der Waals surface area contributed by atoms with Crippen LogP contribution in [0.4, 0.5) is 15.9 Å². The number of rotatable bonds is 1. The Hall–Kier alpha value is -1.10. The molecule has 3 rings (SSSR count). The van der Waals surface area contributed by atoms with Crippen molar-refractivity contribution in [3.63, 3.8) is 0 Å². The Labute approximate surface area is 123 Å². The summed E-state index contributed by atoms with van der Waals surface area (Å²) in [5.41, 5.74) is -0.410. The second-order valence-corrected chi connectivity index (χ2v) is 6.52. The Balaban J connectivity index is 2.05. The molecule has 0 radical (unpaired) electrons. The highest BCUT2D eigenvalue weighted by Gasteiger charge is 2.38. The van der Waals surface area contributed by atoms with Crippen molar-refractivity contribution < 1.29 is 4.39 Å². The third-order valence-corrected chi connectivity index (χ3v) is 4.42. The van der Waals surface area contributed by atoms with Crippen LogP contribution in [-0.4, -0.2) is 41.8 Å². The molecular formula is C14H20ClFN4. The van der Waals surface area contributed by atoms with E-state index in [0.29, 0.717) is 19.1 Å². The SMILES string of the molecule is CN1CC(C)(F)CN(C2CCCC2)c2nc(Cl)ncc21. The minimum absolute atomic E-state index is 0.225. The Bertz CT molecular complexity index is 502. The molecule has 2 heterocycles. The standard InChI is InChI=1S/C14H20ClFN4/c1-14(16)8-19(2)11-7-17-13(15)18-12(11)20(9-14)10-5-3-4-6-10/h7,10H,3-6,8-9H2,1-2H3. The maximum Gasteiger partial charge on any atom is 0.224 e. The summed E-state index contributed by atoms with van der Waals surface area (Å²) in [5.74, 6) is 0.778. The average molecular weight is 299 g/mol. The first-order valence-electron chi connectivity index (χ1n) is 7.15. The number of halogens is 2. The van der Waals surface area contributed by atoms with E-state index in [0.717, 1.165) is 24.3 Å². The zero-order valence-electron chi connectivity index (χ0n) is 11.9. The van der Waals surface area contributed by atoms with Gasteiger partial charge < -0.3 is 9.80 Å². The maximum absolute atomic E-state index is 14.8. The van der Waals surface area contributed by atoms with Crippen LogP contribution in [0, 0.1) is 0 Å². The Kier molecular flexibility index (Phi) is 3.48. The molecule has 0 bridgehead atoms. The molecule has 1 aliphatic carbocycles. The quantitative estimate of drug-likeness (QED) is 0.746. The molecule has 2 aliphatic rings. The molecule has 1 atom stereocenters. The fourth-order valence-corrected chi connectivity index (χ4v) is 3.53. The van der Waals surface area contributed by atoms with E-state index >= 15 is 0 Å². The molecule has 0 saturated heterocycles. The minimum atomic E-state index is -1.27. The van der Waals surface area contributed by atoms with Crippen LogP contribution < -0.4 is 9.80 Å². The number of nitrogens with zero attached hydrogens (tertiary/aromatic N) is 4. The monoisotopic (exact) mass is 298 g/mol. The van der Waals surface area contributed by atoms with Gasteiger partial charge in [-0.3, -0.25) is 0 Å². The normalized spacial score (nSPS) is 27.6. The van der Waals surface area contributed by atoms with Gasteiger partial charge in [0.2, 0.25) is 5.28 Å². The molecule has 1 saturated carbocycles. The van der Waals surface area contributed by atoms with Crippen LogP contribution in [0.5, 0.6) is 0 Å². The van der Waals surface area contributed by atoms with Gasteiger partial charge in [-0.1, -0.05) is 12.8 Å². The molecule has 1 aromatic heterocycles. The van der Waals surface area contributed by atoms with E-state index in [4.69, 9.17) is 11.6 Å². The summed E-state index contributed by atoms with van der Waals surface area (Å²) in [5, 5.41) is 0.225. The highest BCUT2D eigenvalue weighted by atomic mass is 35.5. The van der Waals surface area contributed by atoms with Crippen LogP contribution in [0.1, 0.15) is 32.6 Å². The van der Waals surface area contributed by atoms with E-state index in [1.54, 1.807) is 13.1 Å². The predicted octanol–water partition coefficient (Wildman–Crippen LogP) is 3.06. The minimum Gasteiger partial charge on any atom is -0.367 e. The lowest BCUT2D eigenvalue weighted by atomic mass is 10.1. The van der Waals surface area contributed by atoms with Crippen molar-refractivity contribution in [1.82, 2.24) is 9.97 Å². The first kappa shape index (κ1) is 13.9. The van der Waals surface area contributed by atoms with Crippen molar-refractivity contribution in [2.75, 3.05) is 29.9 Å². The number of aromatic nitrogens is 2. The third kappa shape index (κ3) is 2.55. The van der Waals surface area contributed by atoms with Crippen molar-refractivity contribution in [1.29, 1.82) is 0 Å². The molecule has 0 aromatic carbocycles. The van der Waals surface area contributed by atoms with E-state index in [1.807, 2.05) is 11.9 Å². The van der Waals surface area contributed by atoms with Gasteiger partial charge >= 0.3 is 0 Å². The van der Waals surface area contributed by atoms with E-state index in [9.17, 15) is 4.39 Å². The Morgan fingerprint density at radius 1 is 1.35 bits per heavy atom. The Morgan fingerprint density at radius 2 is 2.05 bits per heavy atom. The van der Waals surface area contributed by atoms with E-state index in [-0.39, 0.29) is 5.28 Å². The fraction of sp³-hybridized carbons (Fsp3) is 0.714. The summed E-state index contributed by atoms with van der Waals surface area (Å²) < 4.78 is 14.8. The molecule has 0 N–H and O–H groups in total. The molecular weight excluding hydrogens is 279 g/mol. The smallest absolute Gasteiger partial charge is 0.224 e. The predicted molar refractivity (Wildman–Crippen MR) is 79.4 cm³/mol. The van der Waals surface area contributed by atoms with Gasteiger partial charge in [-0.15, -0.1) is 0 Å². The summed E-state index contributed by atoms with van der Waals surface area (Å²) in [4.78, 5) is 12.4. The highest BCUT2D eigenvalue weighted by Crippen LogP contribution is 2.38. The van der Waals surface area contributed by atoms with Crippen LogP contribution in [0.15, 0.2) is 6.20 Å². The summed E-state index contributed by atoms with van der Waals surface area (Å²) in [7, 11) is 1.88. The zero-order chi connectivity index (χ0) is 14.3. The lowest BCUT2D eigenvalue weighted by Crippen LogP contribution is -2.45. The number of hydrogen-bond donors (Lipinski definition) is 0. The lowest BCUT2D eigenvalue weighted by molar-refractivity contribution is 0.202. The average Bonchev–Trinajstić information content (AvgIpc) is 2.85. The van der Waals surface area contributed by atoms with Crippen LogP contribution in [0.25, 0.3) is 0 Å². The van der Waals surface area contributed by atoms with Crippen LogP contribution in [-0.2, 0) is 0 Å². The van der Waals surface area contributed by atoms with Gasteiger partial charge in [-0.05, 0) is 31.4 Å². The Morgan fingerprint density at radius 3 is 2.75 bits per heavy atom. The zero-order valence-corrected chi connectivity index (χ0v) is 12.7. The topological polar surface area (TPSA) is 32.3 Å². The van der Waals surface area contributed by atoms with Gasteiger partial charge in [0.1, 0.15) is 5.67 Å². The summed E-state index contributed by atoms with van der Waals surface area (Å²) in [6.07, 6.45) is 6.30. The molecule has 110 valence electrons. The molecule has 0 spiro atoms. The fourth-order valence-electron chi connectivity index (χ4n) is 3.40. The van der Waals surface area contributed by atoms with Crippen LogP contribution in [0.2, 0.25) is 5.28 Å². The van der Waals surface area contributed by atoms with Crippen molar-refractivity contribution >= 4 is 23.1 Å². The van der Waals surface area contributed by atoms with Gasteiger partial charge in [0, 0.05) is 13.1 Å². The van der Waals surface area contributed by atoms with Crippen molar-refractivity contribution in [3.8, 4) is 0 Å². The van der Waals surface area contributed by atoms with Gasteiger partial charge in [-0.25, -0.2) is 9.37 Å². The summed E-state index contributed by atoms with van der Waals surface area (Å²) in [6, 6.07) is 0.362. The van der Waals surface area contributed by atoms with E-state index in [2.05, 4.69) is 14.9 Å². The maximum atomic E-state index is 14.8. The van der Waals surface area contributed by atoms with Crippen LogP contribution in [0.3, 0.4) is 0 Å². The molecule has 4 nitrogen and oxygen atoms in total. The van der Waals surface area contributed by atoms with Crippen LogP contribution >= 0.6 is 11.6 Å². The highest BCUT2D eigenvalue weighted by molar-refractivity contribution is 6.28. The largest absolute Gasteiger partial charge is 0.367 e. The number of hydrogen-bond acceptors (Lipinski definition) is 4. The first-order chi connectivity index (χ1) is 9.46. The van der Waals surface area contributed by atoms with Crippen molar-refractivity contribution in [2.24, 2.45) is 0 Å². The van der Waals surface area contributed by atoms with E-state index < -0.39 is 5.67 Å². The molecule has 0 amide bonds. The molecule has 6 heteroatoms. The lowest BCUT2D eigenvalue weighted by Gasteiger charge is -2.32. The molecule has 1 aromatic rings. The van der Waals surface area contributed by atoms with Gasteiger partial charge in [-0.2, -0.15) is 4.98 Å². The van der Waals surface area contributed by atoms with Crippen molar-refractivity contribution in [2.45, 2.75) is 44.3 Å². The molecule has 1 aliphatic heterocycles. The molecule has 1 unspecified atom stereocenters. The number of anilines is 2. The van der Waals surface area contributed by atoms with Gasteiger partial charge in [0.05, 0.1) is 25.0 Å². The van der Waals surface area contributed by atoms with Gasteiger partial charge in [0.25, 0.3) is 0 Å². The van der Waals surface area contributed by atoms with Gasteiger partial charge in [0.15, 0.2) is 5.82 Å². The van der Waals surface area contributed by atoms with Crippen molar-refractivity contribution in [3.05, 3.63) is 11.5 Å². The molecule has 20 heavy (non-hydrogen) atoms. The second kappa shape index (κ2) is 5.02. The third-order valence-electron chi connectivity index (χ3n) is 4.24. The van der Waals surface area contributed by atoms with E-state index in [1.165, 1.54) is 12.8 Å². The first-order valence-corrected chi connectivity index (χ1v) is 7.53. The second-order valence-electron chi connectivity index (χ2n) is 6.18. The summed E-state index contributed by atoms with van der Waals surface area (Å²) >= 11 is 5.96. The number of alkyl halides is 1. The number of fused-ring (bicyclic) bond motifs is 1.